The molecular weight excluding hydrogens is 258 g/mol. The molecule has 0 aromatic heterocycles. The van der Waals surface area contributed by atoms with Crippen molar-refractivity contribution in [2.45, 2.75) is 25.4 Å². The zero-order chi connectivity index (χ0) is 15.1. The standard InChI is InChI=1S/C19H21NO/c1-4-8-15(2)20-19(16-9-6-5-7-10-16)17-11-13-18(21-3)14-12-17/h1,5-7,9-15,19-20H,8H2,2-3H3. The second-order valence-electron chi connectivity index (χ2n) is 5.09. The summed E-state index contributed by atoms with van der Waals surface area (Å²) in [5.41, 5.74) is 2.43. The summed E-state index contributed by atoms with van der Waals surface area (Å²) in [6, 6.07) is 18.9. The SMILES string of the molecule is C#CCC(C)NC(c1ccccc1)c1ccc(OC)cc1. The van der Waals surface area contributed by atoms with Crippen molar-refractivity contribution in [1.29, 1.82) is 0 Å². The number of ether oxygens (including phenoxy) is 1. The van der Waals surface area contributed by atoms with Gasteiger partial charge in [0.05, 0.1) is 13.2 Å². The molecule has 21 heavy (non-hydrogen) atoms. The lowest BCUT2D eigenvalue weighted by atomic mass is 9.97. The lowest BCUT2D eigenvalue weighted by molar-refractivity contribution is 0.414. The Hall–Kier alpha value is -2.24. The first kappa shape index (κ1) is 15.2. The monoisotopic (exact) mass is 279 g/mol. The molecule has 0 aliphatic heterocycles. The van der Waals surface area contributed by atoms with Gasteiger partial charge in [0.15, 0.2) is 0 Å². The van der Waals surface area contributed by atoms with Crippen molar-refractivity contribution >= 4 is 0 Å². The average molecular weight is 279 g/mol. The van der Waals surface area contributed by atoms with Gasteiger partial charge in [-0.3, -0.25) is 0 Å². The maximum Gasteiger partial charge on any atom is 0.118 e. The zero-order valence-electron chi connectivity index (χ0n) is 12.5. The molecule has 108 valence electrons. The van der Waals surface area contributed by atoms with Crippen LogP contribution in [-0.2, 0) is 0 Å². The first-order chi connectivity index (χ1) is 10.2. The highest BCUT2D eigenvalue weighted by Crippen LogP contribution is 2.24. The second kappa shape index (κ2) is 7.52. The molecule has 0 heterocycles. The van der Waals surface area contributed by atoms with Crippen LogP contribution in [0.2, 0.25) is 0 Å². The number of hydrogen-bond donors (Lipinski definition) is 1. The van der Waals surface area contributed by atoms with Crippen LogP contribution in [0.4, 0.5) is 0 Å². The smallest absolute Gasteiger partial charge is 0.118 e. The van der Waals surface area contributed by atoms with Crippen LogP contribution < -0.4 is 10.1 Å². The van der Waals surface area contributed by atoms with E-state index in [9.17, 15) is 0 Å². The Morgan fingerprint density at radius 3 is 2.24 bits per heavy atom. The van der Waals surface area contributed by atoms with Crippen LogP contribution in [0.25, 0.3) is 0 Å². The van der Waals surface area contributed by atoms with Gasteiger partial charge in [-0.1, -0.05) is 42.5 Å². The van der Waals surface area contributed by atoms with Crippen LogP contribution in [0, 0.1) is 12.3 Å². The first-order valence-corrected chi connectivity index (χ1v) is 7.13. The fraction of sp³-hybridized carbons (Fsp3) is 0.263. The van der Waals surface area contributed by atoms with Gasteiger partial charge in [-0.15, -0.1) is 12.3 Å². The van der Waals surface area contributed by atoms with Crippen molar-refractivity contribution in [3.63, 3.8) is 0 Å². The Labute approximate surface area is 127 Å². The van der Waals surface area contributed by atoms with E-state index in [2.05, 4.69) is 54.6 Å². The Kier molecular flexibility index (Phi) is 5.43. The fourth-order valence-electron chi connectivity index (χ4n) is 2.35. The first-order valence-electron chi connectivity index (χ1n) is 7.13. The van der Waals surface area contributed by atoms with Gasteiger partial charge in [-0.25, -0.2) is 0 Å². The molecule has 0 spiro atoms. The van der Waals surface area contributed by atoms with E-state index in [0.717, 1.165) is 5.75 Å². The third-order valence-electron chi connectivity index (χ3n) is 3.46. The normalized spacial score (nSPS) is 13.2. The molecule has 0 amide bonds. The van der Waals surface area contributed by atoms with Crippen LogP contribution >= 0.6 is 0 Å². The molecule has 0 saturated carbocycles. The maximum atomic E-state index is 5.41. The number of terminal acetylenes is 1. The summed E-state index contributed by atoms with van der Waals surface area (Å²) in [6.45, 7) is 2.11. The lowest BCUT2D eigenvalue weighted by Gasteiger charge is -2.23. The van der Waals surface area contributed by atoms with Gasteiger partial charge in [0.1, 0.15) is 5.75 Å². The molecule has 2 unspecified atom stereocenters. The molecule has 0 radical (unpaired) electrons. The van der Waals surface area contributed by atoms with Crippen molar-refractivity contribution in [3.8, 4) is 18.1 Å². The summed E-state index contributed by atoms with van der Waals surface area (Å²) in [5.74, 6) is 3.57. The van der Waals surface area contributed by atoms with Crippen molar-refractivity contribution in [2.24, 2.45) is 0 Å². The number of benzene rings is 2. The number of rotatable bonds is 6. The summed E-state index contributed by atoms with van der Waals surface area (Å²) in [6.07, 6.45) is 6.12. The Morgan fingerprint density at radius 2 is 1.67 bits per heavy atom. The van der Waals surface area contributed by atoms with Gasteiger partial charge in [0.25, 0.3) is 0 Å². The third-order valence-corrected chi connectivity index (χ3v) is 3.46. The highest BCUT2D eigenvalue weighted by Gasteiger charge is 2.16. The molecule has 2 nitrogen and oxygen atoms in total. The largest absolute Gasteiger partial charge is 0.497 e. The van der Waals surface area contributed by atoms with E-state index in [1.807, 2.05) is 18.2 Å². The highest BCUT2D eigenvalue weighted by molar-refractivity contribution is 5.35. The van der Waals surface area contributed by atoms with E-state index in [1.165, 1.54) is 11.1 Å². The Bertz CT molecular complexity index is 583. The molecular formula is C19H21NO. The van der Waals surface area contributed by atoms with E-state index >= 15 is 0 Å². The Morgan fingerprint density at radius 1 is 1.05 bits per heavy atom. The number of methoxy groups -OCH3 is 1. The zero-order valence-corrected chi connectivity index (χ0v) is 12.5. The molecule has 2 heteroatoms. The average Bonchev–Trinajstić information content (AvgIpc) is 2.54. The molecule has 0 aliphatic rings. The second-order valence-corrected chi connectivity index (χ2v) is 5.09. The number of hydrogen-bond acceptors (Lipinski definition) is 2. The van der Waals surface area contributed by atoms with Crippen LogP contribution in [0.1, 0.15) is 30.5 Å². The van der Waals surface area contributed by atoms with Crippen molar-refractivity contribution in [1.82, 2.24) is 5.32 Å². The van der Waals surface area contributed by atoms with Gasteiger partial charge in [-0.05, 0) is 30.2 Å². The number of nitrogens with one attached hydrogen (secondary N) is 1. The fourth-order valence-corrected chi connectivity index (χ4v) is 2.35. The van der Waals surface area contributed by atoms with Gasteiger partial charge >= 0.3 is 0 Å². The molecule has 2 aromatic rings. The minimum Gasteiger partial charge on any atom is -0.497 e. The summed E-state index contributed by atoms with van der Waals surface area (Å²) in [5, 5.41) is 3.60. The molecule has 0 bridgehead atoms. The summed E-state index contributed by atoms with van der Waals surface area (Å²) in [4.78, 5) is 0. The van der Waals surface area contributed by atoms with E-state index in [-0.39, 0.29) is 12.1 Å². The van der Waals surface area contributed by atoms with E-state index < -0.39 is 0 Å². The van der Waals surface area contributed by atoms with E-state index in [0.29, 0.717) is 6.42 Å². The molecule has 1 N–H and O–H groups in total. The lowest BCUT2D eigenvalue weighted by Crippen LogP contribution is -2.31. The predicted octanol–water partition coefficient (Wildman–Crippen LogP) is 3.79. The maximum absolute atomic E-state index is 5.41. The van der Waals surface area contributed by atoms with Gasteiger partial charge in [0.2, 0.25) is 0 Å². The minimum absolute atomic E-state index is 0.125. The van der Waals surface area contributed by atoms with Crippen LogP contribution in [0.3, 0.4) is 0 Å². The summed E-state index contributed by atoms with van der Waals surface area (Å²) >= 11 is 0. The summed E-state index contributed by atoms with van der Waals surface area (Å²) < 4.78 is 5.23. The van der Waals surface area contributed by atoms with Gasteiger partial charge < -0.3 is 10.1 Å². The van der Waals surface area contributed by atoms with Crippen LogP contribution in [-0.4, -0.2) is 13.2 Å². The van der Waals surface area contributed by atoms with Crippen LogP contribution in [0.5, 0.6) is 5.75 Å². The summed E-state index contributed by atoms with van der Waals surface area (Å²) in [7, 11) is 1.68. The molecule has 0 fully saturated rings. The third kappa shape index (κ3) is 4.11. The molecule has 0 aliphatic carbocycles. The molecule has 2 rings (SSSR count). The van der Waals surface area contributed by atoms with E-state index in [1.54, 1.807) is 7.11 Å². The topological polar surface area (TPSA) is 21.3 Å². The van der Waals surface area contributed by atoms with Crippen molar-refractivity contribution in [3.05, 3.63) is 65.7 Å². The predicted molar refractivity (Wildman–Crippen MR) is 87.3 cm³/mol. The molecule has 2 atom stereocenters. The van der Waals surface area contributed by atoms with E-state index in [4.69, 9.17) is 11.2 Å². The van der Waals surface area contributed by atoms with Gasteiger partial charge in [0, 0.05) is 12.5 Å². The van der Waals surface area contributed by atoms with Gasteiger partial charge in [-0.2, -0.15) is 0 Å². The quantitative estimate of drug-likeness (QED) is 0.812. The minimum atomic E-state index is 0.125. The Balaban J connectivity index is 2.28. The molecule has 0 saturated heterocycles. The van der Waals surface area contributed by atoms with Crippen molar-refractivity contribution < 1.29 is 4.74 Å². The molecule has 2 aromatic carbocycles. The van der Waals surface area contributed by atoms with Crippen molar-refractivity contribution in [2.75, 3.05) is 7.11 Å². The van der Waals surface area contributed by atoms with Crippen LogP contribution in [0.15, 0.2) is 54.6 Å². The highest BCUT2D eigenvalue weighted by atomic mass is 16.5.